The van der Waals surface area contributed by atoms with Crippen LogP contribution in [0.25, 0.3) is 10.9 Å². The molecule has 1 N–H and O–H groups in total. The van der Waals surface area contributed by atoms with Crippen molar-refractivity contribution in [2.75, 3.05) is 20.1 Å². The lowest BCUT2D eigenvalue weighted by atomic mass is 10.0. The van der Waals surface area contributed by atoms with Gasteiger partial charge in [-0.2, -0.15) is 0 Å². The van der Waals surface area contributed by atoms with Crippen LogP contribution in [0.1, 0.15) is 28.9 Å². The molecule has 2 heterocycles. The summed E-state index contributed by atoms with van der Waals surface area (Å²) in [4.78, 5) is 19.0. The second kappa shape index (κ2) is 6.01. The first-order chi connectivity index (χ1) is 10.6. The molecular weight excluding hydrogens is 281 g/mol. The number of carbonyl (C=O) groups excluding carboxylic acids is 1. The molecule has 5 heteroatoms. The Morgan fingerprint density at radius 1 is 1.32 bits per heavy atom. The lowest BCUT2D eigenvalue weighted by molar-refractivity contribution is 0.0702. The number of amides is 1. The molecule has 116 valence electrons. The van der Waals surface area contributed by atoms with E-state index in [2.05, 4.69) is 10.3 Å². The lowest BCUT2D eigenvalue weighted by Gasteiger charge is -2.32. The third kappa shape index (κ3) is 2.81. The fourth-order valence-corrected chi connectivity index (χ4v) is 3.00. The Balaban J connectivity index is 1.92. The van der Waals surface area contributed by atoms with Gasteiger partial charge in [-0.25, -0.2) is 4.39 Å². The van der Waals surface area contributed by atoms with E-state index in [9.17, 15) is 9.18 Å². The van der Waals surface area contributed by atoms with Crippen LogP contribution in [0.2, 0.25) is 0 Å². The van der Waals surface area contributed by atoms with Crippen LogP contribution in [0.5, 0.6) is 0 Å². The van der Waals surface area contributed by atoms with E-state index < -0.39 is 0 Å². The number of aromatic nitrogens is 1. The van der Waals surface area contributed by atoms with E-state index in [1.165, 1.54) is 12.1 Å². The molecule has 22 heavy (non-hydrogen) atoms. The summed E-state index contributed by atoms with van der Waals surface area (Å²) in [5.74, 6) is -0.326. The molecule has 0 atom stereocenters. The molecule has 0 spiro atoms. The number of pyridine rings is 1. The third-order valence-electron chi connectivity index (χ3n) is 4.38. The van der Waals surface area contributed by atoms with Crippen LogP contribution in [-0.2, 0) is 0 Å². The molecule has 2 aromatic rings. The molecule has 0 radical (unpaired) electrons. The molecule has 1 fully saturated rings. The summed E-state index contributed by atoms with van der Waals surface area (Å²) in [6.45, 7) is 3.68. The Morgan fingerprint density at radius 3 is 2.77 bits per heavy atom. The van der Waals surface area contributed by atoms with Gasteiger partial charge in [-0.15, -0.1) is 0 Å². The summed E-state index contributed by atoms with van der Waals surface area (Å²) in [7, 11) is 1.85. The maximum atomic E-state index is 13.3. The molecule has 0 bridgehead atoms. The van der Waals surface area contributed by atoms with Gasteiger partial charge in [0.15, 0.2) is 0 Å². The van der Waals surface area contributed by atoms with Gasteiger partial charge in [0, 0.05) is 24.5 Å². The van der Waals surface area contributed by atoms with Crippen molar-refractivity contribution in [2.24, 2.45) is 0 Å². The van der Waals surface area contributed by atoms with Gasteiger partial charge >= 0.3 is 0 Å². The van der Waals surface area contributed by atoms with E-state index in [0.29, 0.717) is 16.8 Å². The average molecular weight is 301 g/mol. The third-order valence-corrected chi connectivity index (χ3v) is 4.38. The highest BCUT2D eigenvalue weighted by molar-refractivity contribution is 5.98. The number of carbonyl (C=O) groups is 1. The predicted molar refractivity (Wildman–Crippen MR) is 84.4 cm³/mol. The molecule has 1 aliphatic heterocycles. The monoisotopic (exact) mass is 301 g/mol. The zero-order chi connectivity index (χ0) is 15.7. The van der Waals surface area contributed by atoms with E-state index in [4.69, 9.17) is 0 Å². The second-order valence-electron chi connectivity index (χ2n) is 5.86. The smallest absolute Gasteiger partial charge is 0.255 e. The number of fused-ring (bicyclic) bond motifs is 1. The highest BCUT2D eigenvalue weighted by Crippen LogP contribution is 2.20. The number of halogens is 1. The number of benzene rings is 1. The van der Waals surface area contributed by atoms with Crippen molar-refractivity contribution >= 4 is 16.8 Å². The van der Waals surface area contributed by atoms with E-state index in [0.717, 1.165) is 31.3 Å². The fourth-order valence-electron chi connectivity index (χ4n) is 3.00. The van der Waals surface area contributed by atoms with Gasteiger partial charge < -0.3 is 10.2 Å². The summed E-state index contributed by atoms with van der Waals surface area (Å²) in [6.07, 6.45) is 1.93. The number of piperidine rings is 1. The topological polar surface area (TPSA) is 45.2 Å². The highest BCUT2D eigenvalue weighted by atomic mass is 19.1. The van der Waals surface area contributed by atoms with Crippen molar-refractivity contribution in [3.05, 3.63) is 41.3 Å². The summed E-state index contributed by atoms with van der Waals surface area (Å²) in [6, 6.07) is 6.53. The predicted octanol–water partition coefficient (Wildman–Crippen LogP) is 2.51. The van der Waals surface area contributed by atoms with Crippen LogP contribution in [-0.4, -0.2) is 42.0 Å². The number of rotatable bonds is 2. The molecule has 1 aliphatic rings. The van der Waals surface area contributed by atoms with Crippen LogP contribution in [0.3, 0.4) is 0 Å². The van der Waals surface area contributed by atoms with Gasteiger partial charge in [0.25, 0.3) is 5.91 Å². The minimum atomic E-state index is -0.315. The number of nitrogens with zero attached hydrogens (tertiary/aromatic N) is 2. The molecule has 1 aromatic carbocycles. The van der Waals surface area contributed by atoms with E-state index >= 15 is 0 Å². The molecule has 3 rings (SSSR count). The van der Waals surface area contributed by atoms with E-state index in [1.54, 1.807) is 13.0 Å². The van der Waals surface area contributed by atoms with Crippen molar-refractivity contribution in [1.82, 2.24) is 15.2 Å². The first-order valence-corrected chi connectivity index (χ1v) is 7.61. The molecule has 1 amide bonds. The van der Waals surface area contributed by atoms with Gasteiger partial charge in [0.05, 0.1) is 16.8 Å². The van der Waals surface area contributed by atoms with Gasteiger partial charge in [-0.05, 0) is 51.1 Å². The standard InChI is InChI=1S/C17H20FN3O/c1-11-15(9-12-3-4-13(18)10-16(12)20-11)17(22)21(2)14-5-7-19-8-6-14/h3-4,9-10,14,19H,5-8H2,1-2H3. The van der Waals surface area contributed by atoms with E-state index in [-0.39, 0.29) is 17.8 Å². The Labute approximate surface area is 129 Å². The molecule has 1 saturated heterocycles. The maximum absolute atomic E-state index is 13.3. The van der Waals surface area contributed by atoms with Crippen molar-refractivity contribution in [2.45, 2.75) is 25.8 Å². The summed E-state index contributed by atoms with van der Waals surface area (Å²) < 4.78 is 13.3. The van der Waals surface area contributed by atoms with Crippen molar-refractivity contribution in [1.29, 1.82) is 0 Å². The number of hydrogen-bond acceptors (Lipinski definition) is 3. The summed E-state index contributed by atoms with van der Waals surface area (Å²) in [5.41, 5.74) is 1.82. The van der Waals surface area contributed by atoms with Crippen LogP contribution in [0.15, 0.2) is 24.3 Å². The van der Waals surface area contributed by atoms with E-state index in [1.807, 2.05) is 18.0 Å². The largest absolute Gasteiger partial charge is 0.339 e. The molecule has 0 saturated carbocycles. The lowest BCUT2D eigenvalue weighted by Crippen LogP contribution is -2.44. The molecule has 0 aliphatic carbocycles. The van der Waals surface area contributed by atoms with Crippen molar-refractivity contribution < 1.29 is 9.18 Å². The summed E-state index contributed by atoms with van der Waals surface area (Å²) >= 11 is 0. The minimum absolute atomic E-state index is 0.0110. The van der Waals surface area contributed by atoms with Crippen LogP contribution < -0.4 is 5.32 Å². The number of aryl methyl sites for hydroxylation is 1. The second-order valence-corrected chi connectivity index (χ2v) is 5.86. The van der Waals surface area contributed by atoms with Crippen LogP contribution >= 0.6 is 0 Å². The van der Waals surface area contributed by atoms with Crippen LogP contribution in [0.4, 0.5) is 4.39 Å². The average Bonchev–Trinajstić information content (AvgIpc) is 2.53. The Kier molecular flexibility index (Phi) is 4.07. The maximum Gasteiger partial charge on any atom is 0.255 e. The van der Waals surface area contributed by atoms with Gasteiger partial charge in [-0.3, -0.25) is 9.78 Å². The Bertz CT molecular complexity index is 710. The normalized spacial score (nSPS) is 16.0. The minimum Gasteiger partial charge on any atom is -0.339 e. The number of nitrogens with one attached hydrogen (secondary N) is 1. The molecular formula is C17H20FN3O. The van der Waals surface area contributed by atoms with Gasteiger partial charge in [0.1, 0.15) is 5.82 Å². The first-order valence-electron chi connectivity index (χ1n) is 7.61. The Morgan fingerprint density at radius 2 is 2.05 bits per heavy atom. The van der Waals surface area contributed by atoms with Crippen LogP contribution in [0, 0.1) is 12.7 Å². The first kappa shape index (κ1) is 14.9. The van der Waals surface area contributed by atoms with Gasteiger partial charge in [0.2, 0.25) is 0 Å². The molecule has 1 aromatic heterocycles. The SMILES string of the molecule is Cc1nc2cc(F)ccc2cc1C(=O)N(C)C1CCNCC1. The quantitative estimate of drug-likeness (QED) is 0.927. The van der Waals surface area contributed by atoms with Gasteiger partial charge in [-0.1, -0.05) is 0 Å². The fraction of sp³-hybridized carbons (Fsp3) is 0.412. The van der Waals surface area contributed by atoms with Crippen molar-refractivity contribution in [3.8, 4) is 0 Å². The zero-order valence-electron chi connectivity index (χ0n) is 12.9. The summed E-state index contributed by atoms with van der Waals surface area (Å²) in [5, 5.41) is 4.09. The Hall–Kier alpha value is -2.01. The molecule has 0 unspecified atom stereocenters. The highest BCUT2D eigenvalue weighted by Gasteiger charge is 2.24. The van der Waals surface area contributed by atoms with Crippen molar-refractivity contribution in [3.63, 3.8) is 0 Å². The number of hydrogen-bond donors (Lipinski definition) is 1. The molecule has 4 nitrogen and oxygen atoms in total. The zero-order valence-corrected chi connectivity index (χ0v) is 12.9.